The smallest absolute Gasteiger partial charge is 0.234 e. The zero-order chi connectivity index (χ0) is 13.1. The Bertz CT molecular complexity index is 281. The van der Waals surface area contributed by atoms with Gasteiger partial charge in [0.15, 0.2) is 0 Å². The minimum absolute atomic E-state index is 0.184. The highest BCUT2D eigenvalue weighted by Crippen LogP contribution is 2.34. The van der Waals surface area contributed by atoms with Crippen molar-refractivity contribution in [2.75, 3.05) is 6.54 Å². The van der Waals surface area contributed by atoms with Crippen LogP contribution in [-0.4, -0.2) is 41.5 Å². The number of fused-ring (bicyclic) bond motifs is 2. The van der Waals surface area contributed by atoms with Crippen LogP contribution >= 0.6 is 0 Å². The molecule has 0 radical (unpaired) electrons. The molecule has 0 saturated carbocycles. The number of carbonyl (C=O) groups is 1. The van der Waals surface area contributed by atoms with Gasteiger partial charge in [0, 0.05) is 24.2 Å². The maximum Gasteiger partial charge on any atom is 0.234 e. The van der Waals surface area contributed by atoms with Crippen LogP contribution in [0.1, 0.15) is 52.4 Å². The molecule has 0 aromatic carbocycles. The van der Waals surface area contributed by atoms with Gasteiger partial charge in [-0.3, -0.25) is 9.69 Å². The minimum atomic E-state index is 0.184. The Balaban J connectivity index is 1.81. The second kappa shape index (κ2) is 6.02. The number of hydrogen-bond acceptors (Lipinski definition) is 3. The van der Waals surface area contributed by atoms with Crippen LogP contribution in [0.4, 0.5) is 0 Å². The SMILES string of the molecule is CCCC(C)NC(=O)CN1C2CCC1CC(N)C2. The Kier molecular flexibility index (Phi) is 4.62. The standard InChI is InChI=1S/C14H27N3O/c1-3-4-10(2)16-14(18)9-17-12-5-6-13(17)8-11(15)7-12/h10-13H,3-9,15H2,1-2H3,(H,16,18). The van der Waals surface area contributed by atoms with Crippen LogP contribution in [0.25, 0.3) is 0 Å². The van der Waals surface area contributed by atoms with E-state index in [0.717, 1.165) is 25.7 Å². The molecule has 4 heteroatoms. The molecular weight excluding hydrogens is 226 g/mol. The molecule has 2 rings (SSSR count). The van der Waals surface area contributed by atoms with Gasteiger partial charge >= 0.3 is 0 Å². The Hall–Kier alpha value is -0.610. The molecule has 104 valence electrons. The van der Waals surface area contributed by atoms with Crippen molar-refractivity contribution in [3.8, 4) is 0 Å². The van der Waals surface area contributed by atoms with E-state index >= 15 is 0 Å². The first-order valence-corrected chi connectivity index (χ1v) is 7.40. The Morgan fingerprint density at radius 1 is 1.39 bits per heavy atom. The van der Waals surface area contributed by atoms with Gasteiger partial charge < -0.3 is 11.1 Å². The Morgan fingerprint density at radius 3 is 2.56 bits per heavy atom. The van der Waals surface area contributed by atoms with Crippen molar-refractivity contribution in [2.45, 2.75) is 76.5 Å². The fraction of sp³-hybridized carbons (Fsp3) is 0.929. The second-order valence-electron chi connectivity index (χ2n) is 6.05. The highest BCUT2D eigenvalue weighted by atomic mass is 16.2. The highest BCUT2D eigenvalue weighted by molar-refractivity contribution is 5.78. The van der Waals surface area contributed by atoms with Gasteiger partial charge in [-0.25, -0.2) is 0 Å². The van der Waals surface area contributed by atoms with Crippen molar-refractivity contribution < 1.29 is 4.79 Å². The second-order valence-corrected chi connectivity index (χ2v) is 6.05. The van der Waals surface area contributed by atoms with E-state index < -0.39 is 0 Å². The highest BCUT2D eigenvalue weighted by Gasteiger charge is 2.40. The number of rotatable bonds is 5. The number of carbonyl (C=O) groups excluding carboxylic acids is 1. The van der Waals surface area contributed by atoms with Gasteiger partial charge in [0.25, 0.3) is 0 Å². The summed E-state index contributed by atoms with van der Waals surface area (Å²) in [6, 6.07) is 1.74. The van der Waals surface area contributed by atoms with E-state index in [1.54, 1.807) is 0 Å². The molecule has 2 aliphatic heterocycles. The third-order valence-electron chi connectivity index (χ3n) is 4.38. The van der Waals surface area contributed by atoms with Crippen molar-refractivity contribution >= 4 is 5.91 Å². The summed E-state index contributed by atoms with van der Waals surface area (Å²) in [5.74, 6) is 0.184. The maximum absolute atomic E-state index is 12.0. The summed E-state index contributed by atoms with van der Waals surface area (Å²) in [5.41, 5.74) is 6.04. The molecule has 0 aromatic heterocycles. The largest absolute Gasteiger partial charge is 0.353 e. The van der Waals surface area contributed by atoms with Crippen LogP contribution in [-0.2, 0) is 4.79 Å². The third-order valence-corrected chi connectivity index (χ3v) is 4.38. The quantitative estimate of drug-likeness (QED) is 0.775. The average Bonchev–Trinajstić information content (AvgIpc) is 2.54. The molecule has 0 aliphatic carbocycles. The molecule has 0 spiro atoms. The van der Waals surface area contributed by atoms with Crippen molar-refractivity contribution in [1.82, 2.24) is 10.2 Å². The molecule has 1 amide bonds. The Morgan fingerprint density at radius 2 is 2.00 bits per heavy atom. The molecule has 2 bridgehead atoms. The molecule has 4 nitrogen and oxygen atoms in total. The fourth-order valence-electron chi connectivity index (χ4n) is 3.57. The molecular formula is C14H27N3O. The normalized spacial score (nSPS) is 33.4. The first kappa shape index (κ1) is 13.8. The molecule has 0 aromatic rings. The molecule has 3 N–H and O–H groups in total. The van der Waals surface area contributed by atoms with Gasteiger partial charge in [-0.1, -0.05) is 13.3 Å². The number of nitrogens with zero attached hydrogens (tertiary/aromatic N) is 1. The van der Waals surface area contributed by atoms with Gasteiger partial charge in [0.2, 0.25) is 5.91 Å². The number of nitrogens with one attached hydrogen (secondary N) is 1. The molecule has 3 unspecified atom stereocenters. The summed E-state index contributed by atoms with van der Waals surface area (Å²) >= 11 is 0. The van der Waals surface area contributed by atoms with Crippen molar-refractivity contribution in [2.24, 2.45) is 5.73 Å². The van der Waals surface area contributed by atoms with Crippen molar-refractivity contribution in [3.63, 3.8) is 0 Å². The van der Waals surface area contributed by atoms with Crippen molar-refractivity contribution in [3.05, 3.63) is 0 Å². The van der Waals surface area contributed by atoms with Crippen LogP contribution < -0.4 is 11.1 Å². The first-order chi connectivity index (χ1) is 8.60. The van der Waals surface area contributed by atoms with Crippen molar-refractivity contribution in [1.29, 1.82) is 0 Å². The van der Waals surface area contributed by atoms with Crippen LogP contribution in [0.3, 0.4) is 0 Å². The van der Waals surface area contributed by atoms with E-state index in [-0.39, 0.29) is 5.91 Å². The van der Waals surface area contributed by atoms with Gasteiger partial charge in [-0.2, -0.15) is 0 Å². The topological polar surface area (TPSA) is 58.4 Å². The maximum atomic E-state index is 12.0. The van der Waals surface area contributed by atoms with Gasteiger partial charge in [-0.15, -0.1) is 0 Å². The predicted octanol–water partition coefficient (Wildman–Crippen LogP) is 1.25. The number of amides is 1. The molecule has 2 heterocycles. The number of nitrogens with two attached hydrogens (primary N) is 1. The summed E-state index contributed by atoms with van der Waals surface area (Å²) in [4.78, 5) is 14.4. The zero-order valence-electron chi connectivity index (χ0n) is 11.7. The summed E-state index contributed by atoms with van der Waals surface area (Å²) < 4.78 is 0. The van der Waals surface area contributed by atoms with Crippen LogP contribution in [0.5, 0.6) is 0 Å². The average molecular weight is 253 g/mol. The number of hydrogen-bond donors (Lipinski definition) is 2. The number of piperidine rings is 1. The lowest BCUT2D eigenvalue weighted by molar-refractivity contribution is -0.124. The fourth-order valence-corrected chi connectivity index (χ4v) is 3.57. The third kappa shape index (κ3) is 3.23. The van der Waals surface area contributed by atoms with E-state index in [0.29, 0.717) is 30.7 Å². The van der Waals surface area contributed by atoms with E-state index in [4.69, 9.17) is 5.73 Å². The molecule has 3 atom stereocenters. The predicted molar refractivity (Wildman–Crippen MR) is 73.2 cm³/mol. The lowest BCUT2D eigenvalue weighted by Gasteiger charge is -2.37. The molecule has 18 heavy (non-hydrogen) atoms. The lowest BCUT2D eigenvalue weighted by Crippen LogP contribution is -2.51. The monoisotopic (exact) mass is 253 g/mol. The molecule has 2 fully saturated rings. The minimum Gasteiger partial charge on any atom is -0.353 e. The van der Waals surface area contributed by atoms with Crippen LogP contribution in [0.15, 0.2) is 0 Å². The van der Waals surface area contributed by atoms with Crippen LogP contribution in [0.2, 0.25) is 0 Å². The lowest BCUT2D eigenvalue weighted by atomic mass is 9.98. The van der Waals surface area contributed by atoms with Gasteiger partial charge in [0.1, 0.15) is 0 Å². The van der Waals surface area contributed by atoms with E-state index in [1.807, 2.05) is 0 Å². The summed E-state index contributed by atoms with van der Waals surface area (Å²) in [7, 11) is 0. The zero-order valence-corrected chi connectivity index (χ0v) is 11.7. The molecule has 2 aliphatic rings. The van der Waals surface area contributed by atoms with Gasteiger partial charge in [0.05, 0.1) is 6.54 Å². The van der Waals surface area contributed by atoms with E-state index in [9.17, 15) is 4.79 Å². The first-order valence-electron chi connectivity index (χ1n) is 7.40. The van der Waals surface area contributed by atoms with Crippen LogP contribution in [0, 0.1) is 0 Å². The summed E-state index contributed by atoms with van der Waals surface area (Å²) in [6.07, 6.45) is 6.74. The Labute approximate surface area is 110 Å². The summed E-state index contributed by atoms with van der Waals surface area (Å²) in [5, 5.41) is 3.10. The van der Waals surface area contributed by atoms with E-state index in [2.05, 4.69) is 24.1 Å². The molecule has 2 saturated heterocycles. The van der Waals surface area contributed by atoms with E-state index in [1.165, 1.54) is 12.8 Å². The van der Waals surface area contributed by atoms with Gasteiger partial charge in [-0.05, 0) is 39.0 Å². The summed E-state index contributed by atoms with van der Waals surface area (Å²) in [6.45, 7) is 4.80.